The fourth-order valence-electron chi connectivity index (χ4n) is 4.21. The Balaban J connectivity index is 1.97. The van der Waals surface area contributed by atoms with Gasteiger partial charge in [-0.25, -0.2) is 0 Å². The van der Waals surface area contributed by atoms with Gasteiger partial charge in [-0.1, -0.05) is 91.0 Å². The van der Waals surface area contributed by atoms with E-state index in [1.54, 1.807) is 6.92 Å². The van der Waals surface area contributed by atoms with Gasteiger partial charge >= 0.3 is 0 Å². The van der Waals surface area contributed by atoms with E-state index in [1.165, 1.54) is 16.7 Å². The van der Waals surface area contributed by atoms with E-state index in [0.717, 1.165) is 13.1 Å². The second kappa shape index (κ2) is 7.37. The first kappa shape index (κ1) is 17.5. The van der Waals surface area contributed by atoms with Gasteiger partial charge in [0.15, 0.2) is 0 Å². The molecule has 1 aliphatic heterocycles. The van der Waals surface area contributed by atoms with Crippen LogP contribution in [0.3, 0.4) is 0 Å². The van der Waals surface area contributed by atoms with Crippen molar-refractivity contribution < 1.29 is 4.79 Å². The van der Waals surface area contributed by atoms with Gasteiger partial charge in [-0.15, -0.1) is 0 Å². The predicted octanol–water partition coefficient (Wildman–Crippen LogP) is 4.10. The third-order valence-electron chi connectivity index (χ3n) is 5.48. The van der Waals surface area contributed by atoms with Crippen LogP contribution in [0, 0.1) is 0 Å². The number of hydrogen-bond donors (Lipinski definition) is 0. The highest BCUT2D eigenvalue weighted by molar-refractivity contribution is 5.73. The molecule has 0 aromatic heterocycles. The zero-order valence-electron chi connectivity index (χ0n) is 15.6. The van der Waals surface area contributed by atoms with Gasteiger partial charge in [-0.05, 0) is 16.7 Å². The number of carbonyl (C=O) groups excluding carboxylic acids is 1. The molecule has 136 valence electrons. The van der Waals surface area contributed by atoms with Crippen molar-refractivity contribution >= 4 is 5.91 Å². The van der Waals surface area contributed by atoms with E-state index < -0.39 is 5.54 Å². The number of rotatable bonds is 4. The number of hydrogen-bond acceptors (Lipinski definition) is 2. The monoisotopic (exact) mass is 356 g/mol. The van der Waals surface area contributed by atoms with E-state index in [2.05, 4.69) is 95.9 Å². The van der Waals surface area contributed by atoms with Crippen molar-refractivity contribution in [3.63, 3.8) is 0 Å². The maximum absolute atomic E-state index is 12.0. The Morgan fingerprint density at radius 1 is 0.704 bits per heavy atom. The van der Waals surface area contributed by atoms with Gasteiger partial charge in [-0.3, -0.25) is 9.69 Å². The van der Waals surface area contributed by atoms with E-state index in [9.17, 15) is 4.79 Å². The van der Waals surface area contributed by atoms with Crippen LogP contribution in [-0.2, 0) is 10.3 Å². The highest BCUT2D eigenvalue weighted by Crippen LogP contribution is 2.43. The van der Waals surface area contributed by atoms with Crippen molar-refractivity contribution in [1.29, 1.82) is 0 Å². The van der Waals surface area contributed by atoms with Gasteiger partial charge in [0.25, 0.3) is 0 Å². The second-order valence-corrected chi connectivity index (χ2v) is 7.00. The topological polar surface area (TPSA) is 23.6 Å². The SMILES string of the molecule is CC(=O)N1CCN(C(c2ccccc2)(c2ccccc2)c2ccccc2)C1. The highest BCUT2D eigenvalue weighted by Gasteiger charge is 2.44. The minimum atomic E-state index is -0.437. The molecule has 0 bridgehead atoms. The molecule has 4 rings (SSSR count). The normalized spacial score (nSPS) is 15.1. The molecular formula is C24H24N2O. The summed E-state index contributed by atoms with van der Waals surface area (Å²) in [5.41, 5.74) is 3.21. The summed E-state index contributed by atoms with van der Waals surface area (Å²) < 4.78 is 0. The molecule has 27 heavy (non-hydrogen) atoms. The summed E-state index contributed by atoms with van der Waals surface area (Å²) in [4.78, 5) is 16.4. The molecule has 1 saturated heterocycles. The molecule has 0 aliphatic carbocycles. The van der Waals surface area contributed by atoms with Gasteiger partial charge in [0.1, 0.15) is 0 Å². The summed E-state index contributed by atoms with van der Waals surface area (Å²) in [6, 6.07) is 31.9. The Kier molecular flexibility index (Phi) is 4.78. The minimum absolute atomic E-state index is 0.126. The molecule has 0 spiro atoms. The zero-order valence-corrected chi connectivity index (χ0v) is 15.6. The van der Waals surface area contributed by atoms with Crippen LogP contribution in [0.5, 0.6) is 0 Å². The van der Waals surface area contributed by atoms with Crippen LogP contribution in [-0.4, -0.2) is 35.5 Å². The molecule has 3 aromatic rings. The summed E-state index contributed by atoms with van der Waals surface area (Å²) in [6.45, 7) is 3.86. The largest absolute Gasteiger partial charge is 0.329 e. The summed E-state index contributed by atoms with van der Waals surface area (Å²) >= 11 is 0. The van der Waals surface area contributed by atoms with Crippen LogP contribution in [0.4, 0.5) is 0 Å². The fraction of sp³-hybridized carbons (Fsp3) is 0.208. The van der Waals surface area contributed by atoms with Crippen molar-refractivity contribution in [3.8, 4) is 0 Å². The molecule has 0 saturated carbocycles. The van der Waals surface area contributed by atoms with E-state index in [4.69, 9.17) is 0 Å². The lowest BCUT2D eigenvalue weighted by Gasteiger charge is -2.43. The van der Waals surface area contributed by atoms with Crippen molar-refractivity contribution in [2.45, 2.75) is 12.5 Å². The summed E-state index contributed by atoms with van der Waals surface area (Å²) in [7, 11) is 0. The molecular weight excluding hydrogens is 332 g/mol. The molecule has 3 heteroatoms. The lowest BCUT2D eigenvalue weighted by molar-refractivity contribution is -0.128. The lowest BCUT2D eigenvalue weighted by Crippen LogP contribution is -2.48. The molecule has 1 amide bonds. The highest BCUT2D eigenvalue weighted by atomic mass is 16.2. The van der Waals surface area contributed by atoms with Crippen LogP contribution < -0.4 is 0 Å². The summed E-state index contributed by atoms with van der Waals surface area (Å²) in [6.07, 6.45) is 0. The first-order valence-corrected chi connectivity index (χ1v) is 9.40. The van der Waals surface area contributed by atoms with Crippen molar-refractivity contribution in [2.24, 2.45) is 0 Å². The number of carbonyl (C=O) groups is 1. The van der Waals surface area contributed by atoms with E-state index in [1.807, 2.05) is 4.90 Å². The van der Waals surface area contributed by atoms with E-state index in [0.29, 0.717) is 6.67 Å². The molecule has 0 unspecified atom stereocenters. The minimum Gasteiger partial charge on any atom is -0.329 e. The maximum atomic E-state index is 12.0. The number of benzene rings is 3. The molecule has 3 nitrogen and oxygen atoms in total. The Morgan fingerprint density at radius 2 is 1.11 bits per heavy atom. The number of amides is 1. The van der Waals surface area contributed by atoms with Crippen LogP contribution in [0.25, 0.3) is 0 Å². The summed E-state index contributed by atoms with van der Waals surface area (Å²) in [5, 5.41) is 0. The molecule has 1 fully saturated rings. The van der Waals surface area contributed by atoms with Crippen LogP contribution in [0.1, 0.15) is 23.6 Å². The first-order valence-electron chi connectivity index (χ1n) is 9.40. The Labute approximate surface area is 160 Å². The average Bonchev–Trinajstić information content (AvgIpc) is 3.22. The molecule has 1 heterocycles. The van der Waals surface area contributed by atoms with Crippen molar-refractivity contribution in [2.75, 3.05) is 19.8 Å². The van der Waals surface area contributed by atoms with Gasteiger partial charge in [-0.2, -0.15) is 0 Å². The van der Waals surface area contributed by atoms with Gasteiger partial charge in [0.2, 0.25) is 5.91 Å². The molecule has 0 radical (unpaired) electrons. The first-order chi connectivity index (χ1) is 13.2. The standard InChI is InChI=1S/C24H24N2O/c1-20(27)25-17-18-26(19-25)24(21-11-5-2-6-12-21,22-13-7-3-8-14-22)23-15-9-4-10-16-23/h2-16H,17-19H2,1H3. The van der Waals surface area contributed by atoms with Crippen LogP contribution >= 0.6 is 0 Å². The predicted molar refractivity (Wildman–Crippen MR) is 108 cm³/mol. The molecule has 3 aromatic carbocycles. The zero-order chi connectivity index (χ0) is 18.7. The molecule has 0 N–H and O–H groups in total. The third-order valence-corrected chi connectivity index (χ3v) is 5.48. The Bertz CT molecular complexity index is 797. The Hall–Kier alpha value is -2.91. The second-order valence-electron chi connectivity index (χ2n) is 7.00. The maximum Gasteiger partial charge on any atom is 0.220 e. The quantitative estimate of drug-likeness (QED) is 0.657. The molecule has 1 aliphatic rings. The van der Waals surface area contributed by atoms with Gasteiger partial charge in [0.05, 0.1) is 12.2 Å². The van der Waals surface area contributed by atoms with E-state index in [-0.39, 0.29) is 5.91 Å². The molecule has 0 atom stereocenters. The van der Waals surface area contributed by atoms with Crippen molar-refractivity contribution in [1.82, 2.24) is 9.80 Å². The fourth-order valence-corrected chi connectivity index (χ4v) is 4.21. The third kappa shape index (κ3) is 3.04. The van der Waals surface area contributed by atoms with E-state index >= 15 is 0 Å². The lowest BCUT2D eigenvalue weighted by atomic mass is 9.76. The number of nitrogens with zero attached hydrogens (tertiary/aromatic N) is 2. The van der Waals surface area contributed by atoms with Crippen molar-refractivity contribution in [3.05, 3.63) is 108 Å². The van der Waals surface area contributed by atoms with Crippen LogP contribution in [0.15, 0.2) is 91.0 Å². The average molecular weight is 356 g/mol. The summed E-state index contributed by atoms with van der Waals surface area (Å²) in [5.74, 6) is 0.126. The van der Waals surface area contributed by atoms with Gasteiger partial charge < -0.3 is 4.90 Å². The Morgan fingerprint density at radius 3 is 1.44 bits per heavy atom. The van der Waals surface area contributed by atoms with Gasteiger partial charge in [0, 0.05) is 20.0 Å². The van der Waals surface area contributed by atoms with Crippen LogP contribution in [0.2, 0.25) is 0 Å². The smallest absolute Gasteiger partial charge is 0.220 e.